The monoisotopic (exact) mass is 274 g/mol. The molecule has 1 heterocycles. The van der Waals surface area contributed by atoms with Crippen LogP contribution in [0.1, 0.15) is 18.4 Å². The van der Waals surface area contributed by atoms with E-state index in [1.807, 2.05) is 29.2 Å². The Kier molecular flexibility index (Phi) is 3.89. The van der Waals surface area contributed by atoms with E-state index in [0.717, 1.165) is 43.5 Å². The molecule has 2 fully saturated rings. The number of hydrogen-bond acceptors (Lipinski definition) is 3. The second-order valence-corrected chi connectivity index (χ2v) is 5.59. The average molecular weight is 274 g/mol. The second kappa shape index (κ2) is 5.81. The van der Waals surface area contributed by atoms with Crippen molar-refractivity contribution in [2.75, 3.05) is 31.5 Å². The first-order chi connectivity index (χ1) is 9.76. The van der Waals surface area contributed by atoms with Gasteiger partial charge in [0, 0.05) is 44.5 Å². The molecule has 1 aromatic rings. The summed E-state index contributed by atoms with van der Waals surface area (Å²) in [5.74, 6) is 0. The van der Waals surface area contributed by atoms with Crippen LogP contribution in [-0.4, -0.2) is 48.1 Å². The molecule has 1 saturated heterocycles. The van der Waals surface area contributed by atoms with Crippen LogP contribution in [0.25, 0.3) is 0 Å². The highest BCUT2D eigenvalue weighted by Crippen LogP contribution is 2.27. The van der Waals surface area contributed by atoms with Crippen molar-refractivity contribution in [2.45, 2.75) is 25.4 Å². The van der Waals surface area contributed by atoms with Crippen LogP contribution < -0.4 is 11.1 Å². The molecule has 3 rings (SSSR count). The normalized spacial score (nSPS) is 19.9. The van der Waals surface area contributed by atoms with E-state index in [1.54, 1.807) is 0 Å². The minimum absolute atomic E-state index is 0.00498. The molecule has 1 saturated carbocycles. The minimum Gasteiger partial charge on any atom is -0.326 e. The van der Waals surface area contributed by atoms with E-state index in [-0.39, 0.29) is 6.03 Å². The number of urea groups is 1. The maximum Gasteiger partial charge on any atom is 0.321 e. The van der Waals surface area contributed by atoms with Crippen molar-refractivity contribution in [1.82, 2.24) is 9.80 Å². The number of nitrogens with one attached hydrogen (secondary N) is 1. The first kappa shape index (κ1) is 13.4. The summed E-state index contributed by atoms with van der Waals surface area (Å²) >= 11 is 0. The Balaban J connectivity index is 1.53. The van der Waals surface area contributed by atoms with Gasteiger partial charge >= 0.3 is 6.03 Å². The fourth-order valence-electron chi connectivity index (χ4n) is 2.71. The molecule has 2 aliphatic rings. The van der Waals surface area contributed by atoms with Crippen molar-refractivity contribution in [3.63, 3.8) is 0 Å². The Morgan fingerprint density at radius 2 is 2.00 bits per heavy atom. The topological polar surface area (TPSA) is 61.6 Å². The smallest absolute Gasteiger partial charge is 0.321 e. The van der Waals surface area contributed by atoms with Crippen LogP contribution in [0.3, 0.4) is 0 Å². The molecule has 5 nitrogen and oxygen atoms in total. The Morgan fingerprint density at radius 1 is 1.25 bits per heavy atom. The van der Waals surface area contributed by atoms with Crippen molar-refractivity contribution >= 4 is 11.7 Å². The number of rotatable bonds is 3. The summed E-state index contributed by atoms with van der Waals surface area (Å²) in [7, 11) is 0. The molecule has 1 aliphatic heterocycles. The third-order valence-electron chi connectivity index (χ3n) is 4.08. The van der Waals surface area contributed by atoms with Gasteiger partial charge in [0.25, 0.3) is 0 Å². The first-order valence-electron chi connectivity index (χ1n) is 7.35. The van der Waals surface area contributed by atoms with Gasteiger partial charge in [-0.1, -0.05) is 12.1 Å². The number of nitrogens with zero attached hydrogens (tertiary/aromatic N) is 2. The van der Waals surface area contributed by atoms with Gasteiger partial charge in [-0.25, -0.2) is 4.79 Å². The van der Waals surface area contributed by atoms with Gasteiger partial charge in [0.05, 0.1) is 0 Å². The lowest BCUT2D eigenvalue weighted by molar-refractivity contribution is 0.142. The van der Waals surface area contributed by atoms with Crippen molar-refractivity contribution in [3.05, 3.63) is 29.8 Å². The standard InChI is InChI=1S/C15H22N4O/c16-11-12-2-1-3-13(10-12)17-15(20)19-8-6-18(7-9-19)14-4-5-14/h1-3,10,14H,4-9,11,16H2,(H,17,20). The lowest BCUT2D eigenvalue weighted by Gasteiger charge is -2.34. The van der Waals surface area contributed by atoms with Gasteiger partial charge in [0.2, 0.25) is 0 Å². The molecule has 0 unspecified atom stereocenters. The van der Waals surface area contributed by atoms with Gasteiger partial charge in [0.1, 0.15) is 0 Å². The summed E-state index contributed by atoms with van der Waals surface area (Å²) < 4.78 is 0. The number of piperazine rings is 1. The highest BCUT2D eigenvalue weighted by molar-refractivity contribution is 5.89. The molecule has 0 radical (unpaired) electrons. The fourth-order valence-corrected chi connectivity index (χ4v) is 2.71. The van der Waals surface area contributed by atoms with Crippen LogP contribution in [0.5, 0.6) is 0 Å². The van der Waals surface area contributed by atoms with Crippen molar-refractivity contribution in [2.24, 2.45) is 5.73 Å². The van der Waals surface area contributed by atoms with Crippen LogP contribution in [0, 0.1) is 0 Å². The molecule has 5 heteroatoms. The molecule has 20 heavy (non-hydrogen) atoms. The summed E-state index contributed by atoms with van der Waals surface area (Å²) in [6, 6.07) is 8.50. The third kappa shape index (κ3) is 3.11. The van der Waals surface area contributed by atoms with Crippen LogP contribution in [-0.2, 0) is 6.54 Å². The predicted molar refractivity (Wildman–Crippen MR) is 79.5 cm³/mol. The minimum atomic E-state index is -0.00498. The van der Waals surface area contributed by atoms with Crippen LogP contribution in [0.15, 0.2) is 24.3 Å². The number of carbonyl (C=O) groups excluding carboxylic acids is 1. The Bertz CT molecular complexity index is 479. The van der Waals surface area contributed by atoms with E-state index in [1.165, 1.54) is 12.8 Å². The summed E-state index contributed by atoms with van der Waals surface area (Å²) in [6.45, 7) is 4.13. The van der Waals surface area contributed by atoms with Crippen LogP contribution >= 0.6 is 0 Å². The molecule has 3 N–H and O–H groups in total. The molecule has 1 aliphatic carbocycles. The lowest BCUT2D eigenvalue weighted by Crippen LogP contribution is -2.50. The molecular formula is C15H22N4O. The predicted octanol–water partition coefficient (Wildman–Crippen LogP) is 1.46. The van der Waals surface area contributed by atoms with Gasteiger partial charge in [-0.05, 0) is 30.5 Å². The van der Waals surface area contributed by atoms with Gasteiger partial charge in [-0.3, -0.25) is 4.90 Å². The molecular weight excluding hydrogens is 252 g/mol. The number of benzene rings is 1. The number of anilines is 1. The molecule has 0 bridgehead atoms. The van der Waals surface area contributed by atoms with E-state index in [0.29, 0.717) is 6.54 Å². The van der Waals surface area contributed by atoms with E-state index in [9.17, 15) is 4.79 Å². The molecule has 0 atom stereocenters. The zero-order chi connectivity index (χ0) is 13.9. The molecule has 0 aromatic heterocycles. The van der Waals surface area contributed by atoms with Gasteiger partial charge < -0.3 is 16.0 Å². The molecule has 1 aromatic carbocycles. The number of carbonyl (C=O) groups is 1. The third-order valence-corrected chi connectivity index (χ3v) is 4.08. The van der Waals surface area contributed by atoms with Crippen molar-refractivity contribution < 1.29 is 4.79 Å². The number of amides is 2. The second-order valence-electron chi connectivity index (χ2n) is 5.59. The molecule has 2 amide bonds. The Hall–Kier alpha value is -1.59. The highest BCUT2D eigenvalue weighted by Gasteiger charge is 2.32. The summed E-state index contributed by atoms with van der Waals surface area (Å²) in [5, 5.41) is 2.96. The number of nitrogens with two attached hydrogens (primary N) is 1. The van der Waals surface area contributed by atoms with Crippen molar-refractivity contribution in [3.8, 4) is 0 Å². The maximum absolute atomic E-state index is 12.2. The summed E-state index contributed by atoms with van der Waals surface area (Å²) in [6.07, 6.45) is 2.66. The first-order valence-corrected chi connectivity index (χ1v) is 7.35. The van der Waals surface area contributed by atoms with E-state index >= 15 is 0 Å². The zero-order valence-corrected chi connectivity index (χ0v) is 11.7. The lowest BCUT2D eigenvalue weighted by atomic mass is 10.2. The fraction of sp³-hybridized carbons (Fsp3) is 0.533. The van der Waals surface area contributed by atoms with Crippen LogP contribution in [0.2, 0.25) is 0 Å². The number of hydrogen-bond donors (Lipinski definition) is 2. The highest BCUT2D eigenvalue weighted by atomic mass is 16.2. The SMILES string of the molecule is NCc1cccc(NC(=O)N2CCN(C3CC3)CC2)c1. The largest absolute Gasteiger partial charge is 0.326 e. The van der Waals surface area contributed by atoms with E-state index in [2.05, 4.69) is 10.2 Å². The summed E-state index contributed by atoms with van der Waals surface area (Å²) in [4.78, 5) is 16.6. The molecule has 108 valence electrons. The van der Waals surface area contributed by atoms with Gasteiger partial charge in [0.15, 0.2) is 0 Å². The quantitative estimate of drug-likeness (QED) is 0.877. The van der Waals surface area contributed by atoms with Gasteiger partial charge in [-0.2, -0.15) is 0 Å². The zero-order valence-electron chi connectivity index (χ0n) is 11.7. The van der Waals surface area contributed by atoms with Crippen LogP contribution in [0.4, 0.5) is 10.5 Å². The summed E-state index contributed by atoms with van der Waals surface area (Å²) in [5.41, 5.74) is 7.46. The van der Waals surface area contributed by atoms with E-state index < -0.39 is 0 Å². The van der Waals surface area contributed by atoms with Crippen molar-refractivity contribution in [1.29, 1.82) is 0 Å². The Labute approximate surface area is 119 Å². The molecule has 0 spiro atoms. The maximum atomic E-state index is 12.2. The average Bonchev–Trinajstić information content (AvgIpc) is 3.32. The Morgan fingerprint density at radius 3 is 2.65 bits per heavy atom. The van der Waals surface area contributed by atoms with Gasteiger partial charge in [-0.15, -0.1) is 0 Å². The van der Waals surface area contributed by atoms with E-state index in [4.69, 9.17) is 5.73 Å².